The first-order valence-electron chi connectivity index (χ1n) is 7.30. The number of alkyl halides is 1. The van der Waals surface area contributed by atoms with E-state index < -0.39 is 23.1 Å². The van der Waals surface area contributed by atoms with Crippen molar-refractivity contribution in [2.24, 2.45) is 0 Å². The highest BCUT2D eigenvalue weighted by Gasteiger charge is 2.44. The van der Waals surface area contributed by atoms with E-state index in [0.29, 0.717) is 22.5 Å². The zero-order valence-corrected chi connectivity index (χ0v) is 13.6. The highest BCUT2D eigenvalue weighted by Crippen LogP contribution is 2.38. The van der Waals surface area contributed by atoms with Crippen LogP contribution in [0, 0.1) is 5.21 Å². The van der Waals surface area contributed by atoms with E-state index >= 15 is 0 Å². The lowest BCUT2D eigenvalue weighted by Crippen LogP contribution is -2.54. The number of aromatic nitrogens is 1. The summed E-state index contributed by atoms with van der Waals surface area (Å²) in [5.41, 5.74) is -0.376. The fourth-order valence-electron chi connectivity index (χ4n) is 2.51. The van der Waals surface area contributed by atoms with Gasteiger partial charge in [-0.1, -0.05) is 13.3 Å². The molecule has 3 atom stereocenters. The average Bonchev–Trinajstić information content (AvgIpc) is 2.43. The molecule has 2 heterocycles. The number of carbonyl (C=O) groups is 1. The summed E-state index contributed by atoms with van der Waals surface area (Å²) in [4.78, 5) is 12.2. The molecule has 2 N–H and O–H groups in total. The molecule has 2 rings (SSSR count). The molecule has 1 amide bonds. The number of halogens is 1. The van der Waals surface area contributed by atoms with Gasteiger partial charge in [0.2, 0.25) is 12.1 Å². The molecule has 0 bridgehead atoms. The highest BCUT2D eigenvalue weighted by molar-refractivity contribution is 6.30. The van der Waals surface area contributed by atoms with E-state index in [1.165, 1.54) is 18.5 Å². The summed E-state index contributed by atoms with van der Waals surface area (Å²) in [6, 6.07) is 0.861. The number of rotatable bonds is 4. The molecule has 0 spiro atoms. The smallest absolute Gasteiger partial charge is 0.238 e. The van der Waals surface area contributed by atoms with Crippen molar-refractivity contribution in [2.45, 2.75) is 56.7 Å². The third-order valence-corrected chi connectivity index (χ3v) is 4.21. The summed E-state index contributed by atoms with van der Waals surface area (Å²) in [5, 5.41) is 24.0. The number of aliphatic hydroxyl groups is 1. The van der Waals surface area contributed by atoms with Gasteiger partial charge in [-0.25, -0.2) is 0 Å². The molecular formula is C15H21ClN2O4. The lowest BCUT2D eigenvalue weighted by molar-refractivity contribution is -0.606. The minimum atomic E-state index is -0.961. The first-order chi connectivity index (χ1) is 10.3. The summed E-state index contributed by atoms with van der Waals surface area (Å²) in [6.45, 7) is 5.34. The van der Waals surface area contributed by atoms with Crippen molar-refractivity contribution in [1.29, 1.82) is 0 Å². The summed E-state index contributed by atoms with van der Waals surface area (Å²) in [6.07, 6.45) is 2.97. The van der Waals surface area contributed by atoms with Gasteiger partial charge < -0.3 is 20.4 Å². The Morgan fingerprint density at radius 1 is 1.64 bits per heavy atom. The fraction of sp³-hybridized carbons (Fsp3) is 0.600. The molecule has 1 aromatic rings. The average molecular weight is 329 g/mol. The predicted octanol–water partition coefficient (Wildman–Crippen LogP) is 1.42. The number of hydrogen-bond donors (Lipinski definition) is 2. The van der Waals surface area contributed by atoms with Crippen LogP contribution < -0.4 is 14.8 Å². The first kappa shape index (κ1) is 16.8. The van der Waals surface area contributed by atoms with Crippen molar-refractivity contribution in [3.63, 3.8) is 0 Å². The zero-order valence-electron chi connectivity index (χ0n) is 12.9. The van der Waals surface area contributed by atoms with E-state index in [1.807, 2.05) is 6.92 Å². The van der Waals surface area contributed by atoms with E-state index in [4.69, 9.17) is 16.3 Å². The van der Waals surface area contributed by atoms with Gasteiger partial charge in [0.15, 0.2) is 11.9 Å². The SMILES string of the molecule is CCCC(Cl)C(=O)NC1c2cc[n+]([O-])cc2OC(C)(C)C1O. The number of nitrogens with zero attached hydrogens (tertiary/aromatic N) is 1. The van der Waals surface area contributed by atoms with Gasteiger partial charge in [-0.3, -0.25) is 4.79 Å². The van der Waals surface area contributed by atoms with E-state index in [1.54, 1.807) is 13.8 Å². The Hall–Kier alpha value is -1.53. The monoisotopic (exact) mass is 328 g/mol. The highest BCUT2D eigenvalue weighted by atomic mass is 35.5. The van der Waals surface area contributed by atoms with Gasteiger partial charge in [0, 0.05) is 11.6 Å². The first-order valence-corrected chi connectivity index (χ1v) is 7.74. The molecule has 0 aromatic carbocycles. The van der Waals surface area contributed by atoms with Crippen LogP contribution in [0.25, 0.3) is 0 Å². The maximum Gasteiger partial charge on any atom is 0.238 e. The molecule has 0 radical (unpaired) electrons. The van der Waals surface area contributed by atoms with Gasteiger partial charge in [-0.05, 0) is 20.3 Å². The molecule has 0 saturated carbocycles. The number of nitrogens with one attached hydrogen (secondary N) is 1. The van der Waals surface area contributed by atoms with Crippen molar-refractivity contribution < 1.29 is 19.4 Å². The van der Waals surface area contributed by atoms with Crippen LogP contribution in [0.5, 0.6) is 5.75 Å². The number of aliphatic hydroxyl groups excluding tert-OH is 1. The Kier molecular flexibility index (Phi) is 4.82. The summed E-state index contributed by atoms with van der Waals surface area (Å²) < 4.78 is 6.30. The molecule has 22 heavy (non-hydrogen) atoms. The molecule has 0 aliphatic carbocycles. The van der Waals surface area contributed by atoms with Gasteiger partial charge in [0.05, 0.1) is 6.04 Å². The number of hydrogen-bond acceptors (Lipinski definition) is 4. The molecule has 3 unspecified atom stereocenters. The number of fused-ring (bicyclic) bond motifs is 1. The van der Waals surface area contributed by atoms with Crippen molar-refractivity contribution >= 4 is 17.5 Å². The van der Waals surface area contributed by atoms with Crippen molar-refractivity contribution in [1.82, 2.24) is 5.32 Å². The van der Waals surface area contributed by atoms with Gasteiger partial charge >= 0.3 is 0 Å². The van der Waals surface area contributed by atoms with Gasteiger partial charge in [-0.15, -0.1) is 11.6 Å². The molecule has 1 aromatic heterocycles. The third-order valence-electron chi connectivity index (χ3n) is 3.79. The van der Waals surface area contributed by atoms with Crippen LogP contribution in [0.2, 0.25) is 0 Å². The largest absolute Gasteiger partial charge is 0.619 e. The molecule has 0 fully saturated rings. The van der Waals surface area contributed by atoms with Gasteiger partial charge in [-0.2, -0.15) is 4.73 Å². The number of amides is 1. The minimum absolute atomic E-state index is 0.338. The van der Waals surface area contributed by atoms with Crippen molar-refractivity contribution in [3.05, 3.63) is 29.2 Å². The molecule has 1 aliphatic heterocycles. The second kappa shape index (κ2) is 6.30. The Balaban J connectivity index is 2.31. The number of pyridine rings is 1. The summed E-state index contributed by atoms with van der Waals surface area (Å²) in [5.74, 6) is 0.00906. The van der Waals surface area contributed by atoms with Crippen molar-refractivity contribution in [3.8, 4) is 5.75 Å². The van der Waals surface area contributed by atoms with Crippen LogP contribution in [0.3, 0.4) is 0 Å². The van der Waals surface area contributed by atoms with E-state index in [2.05, 4.69) is 5.32 Å². The number of ether oxygens (including phenoxy) is 1. The molecular weight excluding hydrogens is 308 g/mol. The van der Waals surface area contributed by atoms with Crippen LogP contribution in [-0.4, -0.2) is 28.1 Å². The summed E-state index contributed by atoms with van der Waals surface area (Å²) in [7, 11) is 0. The van der Waals surface area contributed by atoms with E-state index in [9.17, 15) is 15.1 Å². The van der Waals surface area contributed by atoms with E-state index in [-0.39, 0.29) is 5.91 Å². The van der Waals surface area contributed by atoms with Gasteiger partial charge in [0.25, 0.3) is 0 Å². The quantitative estimate of drug-likeness (QED) is 0.497. The standard InChI is InChI=1S/C15H21ClN2O4/c1-4-5-10(16)14(20)17-12-9-6-7-18(21)8-11(9)22-15(2,3)13(12)19/h6-8,10,12-13,19H,4-5H2,1-3H3,(H,17,20). The molecule has 0 saturated heterocycles. The second-order valence-corrected chi connectivity index (χ2v) is 6.54. The third kappa shape index (κ3) is 3.28. The Labute approximate surface area is 134 Å². The maximum absolute atomic E-state index is 12.2. The topological polar surface area (TPSA) is 85.5 Å². The molecule has 122 valence electrons. The Morgan fingerprint density at radius 2 is 2.32 bits per heavy atom. The van der Waals surface area contributed by atoms with Crippen LogP contribution in [0.4, 0.5) is 0 Å². The zero-order chi connectivity index (χ0) is 16.5. The summed E-state index contributed by atoms with van der Waals surface area (Å²) >= 11 is 6.04. The second-order valence-electron chi connectivity index (χ2n) is 6.02. The minimum Gasteiger partial charge on any atom is -0.619 e. The van der Waals surface area contributed by atoms with Crippen LogP contribution in [0.1, 0.15) is 45.2 Å². The normalized spacial score (nSPS) is 24.0. The maximum atomic E-state index is 12.2. The van der Waals surface area contributed by atoms with Gasteiger partial charge in [0.1, 0.15) is 17.1 Å². The molecule has 7 heteroatoms. The van der Waals surface area contributed by atoms with E-state index in [0.717, 1.165) is 6.42 Å². The lowest BCUT2D eigenvalue weighted by atomic mass is 9.87. The molecule has 1 aliphatic rings. The molecule has 6 nitrogen and oxygen atoms in total. The van der Waals surface area contributed by atoms with Crippen LogP contribution >= 0.6 is 11.6 Å². The van der Waals surface area contributed by atoms with Crippen LogP contribution in [-0.2, 0) is 4.79 Å². The number of carbonyl (C=O) groups excluding carboxylic acids is 1. The lowest BCUT2D eigenvalue weighted by Gasteiger charge is -2.41. The van der Waals surface area contributed by atoms with Crippen LogP contribution in [0.15, 0.2) is 18.5 Å². The Bertz CT molecular complexity index is 564. The Morgan fingerprint density at radius 3 is 2.95 bits per heavy atom. The van der Waals surface area contributed by atoms with Crippen molar-refractivity contribution in [2.75, 3.05) is 0 Å². The fourth-order valence-corrected chi connectivity index (χ4v) is 2.79. The predicted molar refractivity (Wildman–Crippen MR) is 81.5 cm³/mol.